The van der Waals surface area contributed by atoms with Crippen molar-refractivity contribution in [3.8, 4) is 5.75 Å². The number of pyridine rings is 1. The highest BCUT2D eigenvalue weighted by atomic mass is 16.5. The average molecular weight is 321 g/mol. The summed E-state index contributed by atoms with van der Waals surface area (Å²) in [7, 11) is 1.79. The maximum Gasteiger partial charge on any atom is 0.313 e. The van der Waals surface area contributed by atoms with Crippen LogP contribution in [-0.4, -0.2) is 54.4 Å². The summed E-state index contributed by atoms with van der Waals surface area (Å²) in [6, 6.07) is 1.29. The number of aromatic nitrogens is 1. The second-order valence-corrected chi connectivity index (χ2v) is 5.91. The molecular formula is C15H19N3O5. The summed E-state index contributed by atoms with van der Waals surface area (Å²) in [4.78, 5) is 38.5. The van der Waals surface area contributed by atoms with Gasteiger partial charge in [0, 0.05) is 25.9 Å². The molecule has 1 atom stereocenters. The summed E-state index contributed by atoms with van der Waals surface area (Å²) in [5.74, 6) is -1.49. The van der Waals surface area contributed by atoms with E-state index in [2.05, 4.69) is 0 Å². The second-order valence-electron chi connectivity index (χ2n) is 5.91. The van der Waals surface area contributed by atoms with Crippen LogP contribution in [0.5, 0.6) is 5.75 Å². The summed E-state index contributed by atoms with van der Waals surface area (Å²) in [6.07, 6.45) is 1.26. The summed E-state index contributed by atoms with van der Waals surface area (Å²) in [6.45, 7) is 4.58. The highest BCUT2D eigenvalue weighted by Gasteiger charge is 2.40. The van der Waals surface area contributed by atoms with E-state index in [9.17, 15) is 14.4 Å². The van der Waals surface area contributed by atoms with Gasteiger partial charge in [-0.25, -0.2) is 0 Å². The third kappa shape index (κ3) is 2.48. The van der Waals surface area contributed by atoms with Crippen molar-refractivity contribution in [1.29, 1.82) is 0 Å². The van der Waals surface area contributed by atoms with E-state index < -0.39 is 17.3 Å². The van der Waals surface area contributed by atoms with Crippen molar-refractivity contribution in [2.45, 2.75) is 20.0 Å². The SMILES string of the molecule is CC(C)C(=O)Oc1c2n(ccc1=O)N(C)[C@@H]1COCCN1C2=O. The standard InChI is InChI=1S/C15H19N3O5/c1-9(2)15(21)23-13-10(19)4-5-18-12(13)14(20)17-6-7-22-8-11(17)16(18)3/h4-5,9,11H,6-8H2,1-3H3/t11-/m0/s1. The Balaban J connectivity index is 2.11. The molecule has 3 rings (SSSR count). The molecule has 0 spiro atoms. The Hall–Kier alpha value is -2.35. The normalized spacial score (nSPS) is 20.3. The number of carbonyl (C=O) groups is 2. The number of morpholine rings is 1. The van der Waals surface area contributed by atoms with Crippen molar-refractivity contribution in [3.05, 3.63) is 28.2 Å². The van der Waals surface area contributed by atoms with Crippen LogP contribution in [0.25, 0.3) is 0 Å². The lowest BCUT2D eigenvalue weighted by Gasteiger charge is -2.46. The van der Waals surface area contributed by atoms with E-state index in [1.807, 2.05) is 0 Å². The topological polar surface area (TPSA) is 81.1 Å². The fourth-order valence-corrected chi connectivity index (χ4v) is 2.70. The van der Waals surface area contributed by atoms with Crippen LogP contribution in [0.1, 0.15) is 24.3 Å². The van der Waals surface area contributed by atoms with Crippen molar-refractivity contribution in [1.82, 2.24) is 9.58 Å². The lowest BCUT2D eigenvalue weighted by atomic mass is 10.2. The van der Waals surface area contributed by atoms with Crippen molar-refractivity contribution in [3.63, 3.8) is 0 Å². The molecule has 3 heterocycles. The van der Waals surface area contributed by atoms with E-state index in [1.165, 1.54) is 12.3 Å². The lowest BCUT2D eigenvalue weighted by Crippen LogP contribution is -2.64. The molecule has 2 aliphatic rings. The van der Waals surface area contributed by atoms with Crippen molar-refractivity contribution < 1.29 is 19.1 Å². The van der Waals surface area contributed by atoms with E-state index in [-0.39, 0.29) is 23.5 Å². The van der Waals surface area contributed by atoms with Gasteiger partial charge < -0.3 is 14.4 Å². The van der Waals surface area contributed by atoms with Crippen LogP contribution in [0.2, 0.25) is 0 Å². The van der Waals surface area contributed by atoms with Gasteiger partial charge in [0.2, 0.25) is 11.2 Å². The Morgan fingerprint density at radius 2 is 2.13 bits per heavy atom. The molecule has 8 heteroatoms. The van der Waals surface area contributed by atoms with E-state index >= 15 is 0 Å². The second kappa shape index (κ2) is 5.69. The molecule has 0 saturated carbocycles. The number of amides is 1. The first kappa shape index (κ1) is 15.5. The highest BCUT2D eigenvalue weighted by Crippen LogP contribution is 2.25. The van der Waals surface area contributed by atoms with Gasteiger partial charge in [-0.15, -0.1) is 0 Å². The number of ether oxygens (including phenoxy) is 2. The summed E-state index contributed by atoms with van der Waals surface area (Å²) >= 11 is 0. The number of rotatable bonds is 2. The number of esters is 1. The van der Waals surface area contributed by atoms with E-state index in [0.29, 0.717) is 19.8 Å². The first-order chi connectivity index (χ1) is 10.9. The highest BCUT2D eigenvalue weighted by molar-refractivity contribution is 5.97. The van der Waals surface area contributed by atoms with E-state index in [1.54, 1.807) is 35.5 Å². The lowest BCUT2D eigenvalue weighted by molar-refractivity contribution is -0.137. The summed E-state index contributed by atoms with van der Waals surface area (Å²) in [5, 5.41) is 1.79. The van der Waals surface area contributed by atoms with Crippen LogP contribution < -0.4 is 15.2 Å². The maximum atomic E-state index is 12.8. The predicted octanol–water partition coefficient (Wildman–Crippen LogP) is -0.210. The van der Waals surface area contributed by atoms with Crippen molar-refractivity contribution >= 4 is 11.9 Å². The number of fused-ring (bicyclic) bond motifs is 2. The van der Waals surface area contributed by atoms with Crippen LogP contribution in [0.15, 0.2) is 17.1 Å². The van der Waals surface area contributed by atoms with Crippen LogP contribution in [0.3, 0.4) is 0 Å². The van der Waals surface area contributed by atoms with Gasteiger partial charge in [0.1, 0.15) is 6.17 Å². The Kier molecular flexibility index (Phi) is 3.85. The molecule has 1 aromatic rings. The zero-order chi connectivity index (χ0) is 16.7. The van der Waals surface area contributed by atoms with Gasteiger partial charge in [-0.2, -0.15) is 0 Å². The van der Waals surface area contributed by atoms with Gasteiger partial charge >= 0.3 is 5.97 Å². The van der Waals surface area contributed by atoms with E-state index in [4.69, 9.17) is 9.47 Å². The smallest absolute Gasteiger partial charge is 0.313 e. The molecule has 0 bridgehead atoms. The predicted molar refractivity (Wildman–Crippen MR) is 81.0 cm³/mol. The number of likely N-dealkylation sites (N-methyl/N-ethyl adjacent to an activating group) is 1. The minimum absolute atomic E-state index is 0.0761. The fraction of sp³-hybridized carbons (Fsp3) is 0.533. The minimum atomic E-state index is -0.546. The van der Waals surface area contributed by atoms with Gasteiger partial charge in [0.05, 0.1) is 19.1 Å². The Bertz CT molecular complexity index is 712. The molecule has 1 fully saturated rings. The Morgan fingerprint density at radius 3 is 2.83 bits per heavy atom. The number of nitrogens with zero attached hydrogens (tertiary/aromatic N) is 3. The quantitative estimate of drug-likeness (QED) is 0.701. The molecule has 0 aromatic carbocycles. The molecule has 23 heavy (non-hydrogen) atoms. The minimum Gasteiger partial charge on any atom is -0.420 e. The third-order valence-corrected chi connectivity index (χ3v) is 4.05. The Morgan fingerprint density at radius 1 is 1.39 bits per heavy atom. The summed E-state index contributed by atoms with van der Waals surface area (Å²) < 4.78 is 12.2. The molecule has 0 N–H and O–H groups in total. The summed E-state index contributed by atoms with van der Waals surface area (Å²) in [5.41, 5.74) is -0.411. The number of hydrogen-bond donors (Lipinski definition) is 0. The molecule has 8 nitrogen and oxygen atoms in total. The molecule has 1 aromatic heterocycles. The molecule has 2 aliphatic heterocycles. The van der Waals surface area contributed by atoms with Crippen LogP contribution in [0.4, 0.5) is 0 Å². The first-order valence-corrected chi connectivity index (χ1v) is 7.51. The molecule has 124 valence electrons. The number of hydrogen-bond acceptors (Lipinski definition) is 6. The molecule has 0 radical (unpaired) electrons. The van der Waals surface area contributed by atoms with Crippen LogP contribution in [-0.2, 0) is 9.53 Å². The molecule has 0 aliphatic carbocycles. The maximum absolute atomic E-state index is 12.8. The van der Waals surface area contributed by atoms with Gasteiger partial charge in [-0.3, -0.25) is 24.1 Å². The third-order valence-electron chi connectivity index (χ3n) is 4.05. The van der Waals surface area contributed by atoms with Crippen molar-refractivity contribution in [2.24, 2.45) is 5.92 Å². The van der Waals surface area contributed by atoms with Crippen molar-refractivity contribution in [2.75, 3.05) is 31.8 Å². The largest absolute Gasteiger partial charge is 0.420 e. The van der Waals surface area contributed by atoms with E-state index in [0.717, 1.165) is 0 Å². The average Bonchev–Trinajstić information content (AvgIpc) is 2.54. The number of carbonyl (C=O) groups excluding carboxylic acids is 2. The molecule has 1 saturated heterocycles. The zero-order valence-electron chi connectivity index (χ0n) is 13.3. The molecule has 0 unspecified atom stereocenters. The molecule has 1 amide bonds. The zero-order valence-corrected chi connectivity index (χ0v) is 13.3. The first-order valence-electron chi connectivity index (χ1n) is 7.51. The van der Waals surface area contributed by atoms with Gasteiger partial charge in [0.25, 0.3) is 5.91 Å². The van der Waals surface area contributed by atoms with Gasteiger partial charge in [-0.1, -0.05) is 13.8 Å². The van der Waals surface area contributed by atoms with Crippen LogP contribution in [0, 0.1) is 5.92 Å². The molecular weight excluding hydrogens is 302 g/mol. The Labute approximate surface area is 133 Å². The van der Waals surface area contributed by atoms with Gasteiger partial charge in [-0.05, 0) is 0 Å². The van der Waals surface area contributed by atoms with Gasteiger partial charge in [0.15, 0.2) is 5.69 Å². The monoisotopic (exact) mass is 321 g/mol. The van der Waals surface area contributed by atoms with Crippen LogP contribution >= 0.6 is 0 Å². The fourth-order valence-electron chi connectivity index (χ4n) is 2.70.